The predicted molar refractivity (Wildman–Crippen MR) is 57.9 cm³/mol. The second-order valence-electron chi connectivity index (χ2n) is 3.26. The summed E-state index contributed by atoms with van der Waals surface area (Å²) in [4.78, 5) is 0. The minimum Gasteiger partial charge on any atom is -0.250 e. The average Bonchev–Trinajstić information content (AvgIpc) is 2.17. The Morgan fingerprint density at radius 3 is 2.69 bits per heavy atom. The van der Waals surface area contributed by atoms with Crippen molar-refractivity contribution in [2.75, 3.05) is 6.67 Å². The van der Waals surface area contributed by atoms with E-state index in [1.165, 1.54) is 5.56 Å². The zero-order valence-corrected chi connectivity index (χ0v) is 9.57. The molecule has 0 N–H and O–H groups in total. The van der Waals surface area contributed by atoms with Crippen molar-refractivity contribution in [1.82, 2.24) is 0 Å². The summed E-state index contributed by atoms with van der Waals surface area (Å²) in [6.45, 7) is 3.72. The zero-order valence-electron chi connectivity index (χ0n) is 7.98. The highest BCUT2D eigenvalue weighted by atomic mass is 79.9. The van der Waals surface area contributed by atoms with Crippen LogP contribution in [-0.4, -0.2) is 6.67 Å². The number of rotatable bonds is 3. The summed E-state index contributed by atoms with van der Waals surface area (Å²) in [5, 5.41) is 0. The van der Waals surface area contributed by atoms with E-state index in [4.69, 9.17) is 0 Å². The molecule has 0 aliphatic rings. The molecule has 0 amide bonds. The van der Waals surface area contributed by atoms with Crippen LogP contribution in [0.1, 0.15) is 30.9 Å². The topological polar surface area (TPSA) is 0 Å². The van der Waals surface area contributed by atoms with Gasteiger partial charge < -0.3 is 0 Å². The molecule has 1 aromatic carbocycles. The molecule has 1 rings (SSSR count). The van der Waals surface area contributed by atoms with E-state index in [0.29, 0.717) is 0 Å². The van der Waals surface area contributed by atoms with Gasteiger partial charge in [0, 0.05) is 10.4 Å². The number of aryl methyl sites for hydroxylation is 1. The van der Waals surface area contributed by atoms with Gasteiger partial charge in [-0.3, -0.25) is 4.39 Å². The van der Waals surface area contributed by atoms with Gasteiger partial charge >= 0.3 is 0 Å². The molecule has 0 bridgehead atoms. The summed E-state index contributed by atoms with van der Waals surface area (Å²) in [6.07, 6.45) is 0.980. The molecule has 0 radical (unpaired) electrons. The minimum atomic E-state index is -0.287. The summed E-state index contributed by atoms with van der Waals surface area (Å²) in [5.74, 6) is 0.0124. The Labute approximate surface area is 87.3 Å². The highest BCUT2D eigenvalue weighted by Crippen LogP contribution is 2.23. The van der Waals surface area contributed by atoms with Gasteiger partial charge in [-0.15, -0.1) is 0 Å². The summed E-state index contributed by atoms with van der Waals surface area (Å²) in [5.41, 5.74) is 2.33. The fraction of sp³-hybridized carbons (Fsp3) is 0.455. The average molecular weight is 245 g/mol. The van der Waals surface area contributed by atoms with Crippen LogP contribution >= 0.6 is 15.9 Å². The van der Waals surface area contributed by atoms with Gasteiger partial charge in [-0.1, -0.05) is 41.9 Å². The third kappa shape index (κ3) is 2.53. The smallest absolute Gasteiger partial charge is 0.0960 e. The van der Waals surface area contributed by atoms with Crippen LogP contribution in [-0.2, 0) is 6.42 Å². The molecular weight excluding hydrogens is 231 g/mol. The van der Waals surface area contributed by atoms with Crippen molar-refractivity contribution >= 4 is 15.9 Å². The van der Waals surface area contributed by atoms with Crippen LogP contribution in [0.5, 0.6) is 0 Å². The minimum absolute atomic E-state index is 0.0124. The maximum absolute atomic E-state index is 12.4. The lowest BCUT2D eigenvalue weighted by Crippen LogP contribution is -1.96. The lowest BCUT2D eigenvalue weighted by atomic mass is 9.99. The van der Waals surface area contributed by atoms with Crippen molar-refractivity contribution in [3.8, 4) is 0 Å². The molecule has 1 aromatic rings. The normalized spacial score (nSPS) is 12.9. The third-order valence-corrected chi connectivity index (χ3v) is 3.02. The van der Waals surface area contributed by atoms with Crippen LogP contribution in [0.2, 0.25) is 0 Å². The Kier molecular flexibility index (Phi) is 3.91. The quantitative estimate of drug-likeness (QED) is 0.752. The molecule has 0 aliphatic carbocycles. The van der Waals surface area contributed by atoms with Crippen molar-refractivity contribution in [3.63, 3.8) is 0 Å². The molecule has 0 heterocycles. The van der Waals surface area contributed by atoms with Gasteiger partial charge in [-0.25, -0.2) is 0 Å². The van der Waals surface area contributed by atoms with Crippen molar-refractivity contribution in [2.45, 2.75) is 26.2 Å². The van der Waals surface area contributed by atoms with Crippen molar-refractivity contribution in [3.05, 3.63) is 33.8 Å². The SMILES string of the molecule is CCc1cc(C(C)CF)ccc1Br. The molecule has 72 valence electrons. The fourth-order valence-corrected chi connectivity index (χ4v) is 1.79. The molecule has 0 nitrogen and oxygen atoms in total. The fourth-order valence-electron chi connectivity index (χ4n) is 1.26. The second-order valence-corrected chi connectivity index (χ2v) is 4.11. The maximum atomic E-state index is 12.4. The predicted octanol–water partition coefficient (Wildman–Crippen LogP) is 4.08. The highest BCUT2D eigenvalue weighted by Gasteiger charge is 2.06. The summed E-state index contributed by atoms with van der Waals surface area (Å²) in [7, 11) is 0. The van der Waals surface area contributed by atoms with Gasteiger partial charge in [-0.05, 0) is 23.6 Å². The van der Waals surface area contributed by atoms with Crippen LogP contribution in [0.25, 0.3) is 0 Å². The summed E-state index contributed by atoms with van der Waals surface area (Å²) in [6, 6.07) is 6.06. The van der Waals surface area contributed by atoms with Crippen LogP contribution < -0.4 is 0 Å². The third-order valence-electron chi connectivity index (χ3n) is 2.25. The van der Waals surface area contributed by atoms with Gasteiger partial charge in [0.25, 0.3) is 0 Å². The first kappa shape index (κ1) is 10.7. The Hall–Kier alpha value is -0.370. The number of alkyl halides is 1. The Morgan fingerprint density at radius 2 is 2.15 bits per heavy atom. The number of benzene rings is 1. The first-order chi connectivity index (χ1) is 6.19. The first-order valence-corrected chi connectivity index (χ1v) is 5.32. The molecular formula is C11H14BrF. The molecule has 2 heteroatoms. The van der Waals surface area contributed by atoms with E-state index in [2.05, 4.69) is 28.9 Å². The molecule has 1 unspecified atom stereocenters. The van der Waals surface area contributed by atoms with Gasteiger partial charge in [0.05, 0.1) is 6.67 Å². The second kappa shape index (κ2) is 4.75. The maximum Gasteiger partial charge on any atom is 0.0960 e. The highest BCUT2D eigenvalue weighted by molar-refractivity contribution is 9.10. The van der Waals surface area contributed by atoms with E-state index >= 15 is 0 Å². The van der Waals surface area contributed by atoms with Crippen molar-refractivity contribution < 1.29 is 4.39 Å². The van der Waals surface area contributed by atoms with Crippen molar-refractivity contribution in [2.24, 2.45) is 0 Å². The van der Waals surface area contributed by atoms with E-state index in [-0.39, 0.29) is 12.6 Å². The van der Waals surface area contributed by atoms with Crippen molar-refractivity contribution in [1.29, 1.82) is 0 Å². The Morgan fingerprint density at radius 1 is 1.46 bits per heavy atom. The van der Waals surface area contributed by atoms with Crippen LogP contribution in [0.3, 0.4) is 0 Å². The van der Waals surface area contributed by atoms with E-state index in [1.54, 1.807) is 0 Å². The molecule has 0 spiro atoms. The van der Waals surface area contributed by atoms with Crippen LogP contribution in [0.15, 0.2) is 22.7 Å². The molecule has 1 atom stereocenters. The van der Waals surface area contributed by atoms with Crippen LogP contribution in [0, 0.1) is 0 Å². The molecule has 0 aliphatic heterocycles. The Balaban J connectivity index is 2.99. The monoisotopic (exact) mass is 244 g/mol. The molecule has 0 saturated carbocycles. The van der Waals surface area contributed by atoms with Gasteiger partial charge in [0.2, 0.25) is 0 Å². The summed E-state index contributed by atoms with van der Waals surface area (Å²) >= 11 is 3.47. The molecule has 13 heavy (non-hydrogen) atoms. The van der Waals surface area contributed by atoms with Crippen LogP contribution in [0.4, 0.5) is 4.39 Å². The van der Waals surface area contributed by atoms with E-state index in [9.17, 15) is 4.39 Å². The number of hydrogen-bond acceptors (Lipinski definition) is 0. The van der Waals surface area contributed by atoms with Gasteiger partial charge in [0.1, 0.15) is 0 Å². The lowest BCUT2D eigenvalue weighted by molar-refractivity contribution is 0.447. The first-order valence-electron chi connectivity index (χ1n) is 4.53. The number of hydrogen-bond donors (Lipinski definition) is 0. The Bertz CT molecular complexity index is 283. The standard InChI is InChI=1S/C11H14BrF/c1-3-9-6-10(8(2)7-13)4-5-11(9)12/h4-6,8H,3,7H2,1-2H3. The summed E-state index contributed by atoms with van der Waals surface area (Å²) < 4.78 is 13.5. The van der Waals surface area contributed by atoms with E-state index in [0.717, 1.165) is 16.5 Å². The molecule has 0 aromatic heterocycles. The number of halogens is 2. The lowest BCUT2D eigenvalue weighted by Gasteiger charge is -2.09. The molecule has 0 saturated heterocycles. The van der Waals surface area contributed by atoms with E-state index < -0.39 is 0 Å². The van der Waals surface area contributed by atoms with E-state index in [1.807, 2.05) is 19.1 Å². The largest absolute Gasteiger partial charge is 0.250 e. The molecule has 0 fully saturated rings. The van der Waals surface area contributed by atoms with Gasteiger partial charge in [-0.2, -0.15) is 0 Å². The van der Waals surface area contributed by atoms with Gasteiger partial charge in [0.15, 0.2) is 0 Å². The zero-order chi connectivity index (χ0) is 9.84.